The Morgan fingerprint density at radius 3 is 2.38 bits per heavy atom. The summed E-state index contributed by atoms with van der Waals surface area (Å²) in [6, 6.07) is 1.91. The highest BCUT2D eigenvalue weighted by molar-refractivity contribution is 5.35. The van der Waals surface area contributed by atoms with Crippen LogP contribution in [0, 0.1) is 5.92 Å². The van der Waals surface area contributed by atoms with Gasteiger partial charge in [-0.15, -0.1) is 0 Å². The van der Waals surface area contributed by atoms with Crippen molar-refractivity contribution in [1.82, 2.24) is 9.97 Å². The monoisotopic (exact) mass is 222 g/mol. The van der Waals surface area contributed by atoms with E-state index in [9.17, 15) is 0 Å². The summed E-state index contributed by atoms with van der Waals surface area (Å²) in [4.78, 5) is 8.97. The number of nitrogens with two attached hydrogens (primary N) is 1. The molecular weight excluding hydrogens is 200 g/mol. The Morgan fingerprint density at radius 2 is 1.94 bits per heavy atom. The highest BCUT2D eigenvalue weighted by Crippen LogP contribution is 2.21. The molecule has 0 aromatic carbocycles. The number of nitrogen functional groups attached to an aromatic ring is 1. The summed E-state index contributed by atoms with van der Waals surface area (Å²) in [5, 5.41) is 0. The molecule has 0 bridgehead atoms. The van der Waals surface area contributed by atoms with Crippen molar-refractivity contribution in [3.63, 3.8) is 0 Å². The number of nitrogens with one attached hydrogen (secondary N) is 1. The Bertz CT molecular complexity index is 353. The first-order valence-corrected chi connectivity index (χ1v) is 5.68. The molecule has 1 rings (SSSR count). The molecular formula is C12H22N4. The van der Waals surface area contributed by atoms with E-state index < -0.39 is 0 Å². The molecule has 4 heteroatoms. The SMILES string of the molecule is CC(C)Cc1cc(NN)nc(C(C)(C)C)n1. The quantitative estimate of drug-likeness (QED) is 0.608. The lowest BCUT2D eigenvalue weighted by molar-refractivity contribution is 0.536. The topological polar surface area (TPSA) is 63.8 Å². The van der Waals surface area contributed by atoms with E-state index in [1.54, 1.807) is 0 Å². The van der Waals surface area contributed by atoms with Gasteiger partial charge in [-0.1, -0.05) is 34.6 Å². The number of hydrazine groups is 1. The van der Waals surface area contributed by atoms with Crippen LogP contribution < -0.4 is 11.3 Å². The van der Waals surface area contributed by atoms with Crippen LogP contribution in [-0.2, 0) is 11.8 Å². The first kappa shape index (κ1) is 12.9. The van der Waals surface area contributed by atoms with E-state index in [0.717, 1.165) is 17.9 Å². The number of anilines is 1. The number of hydrogen-bond acceptors (Lipinski definition) is 4. The van der Waals surface area contributed by atoms with Gasteiger partial charge in [0.2, 0.25) is 0 Å². The number of aromatic nitrogens is 2. The van der Waals surface area contributed by atoms with Crippen LogP contribution in [0.3, 0.4) is 0 Å². The van der Waals surface area contributed by atoms with E-state index in [2.05, 4.69) is 50.0 Å². The molecule has 0 saturated heterocycles. The van der Waals surface area contributed by atoms with Crippen molar-refractivity contribution < 1.29 is 0 Å². The minimum absolute atomic E-state index is 0.0570. The van der Waals surface area contributed by atoms with Gasteiger partial charge in [-0.05, 0) is 12.3 Å². The highest BCUT2D eigenvalue weighted by Gasteiger charge is 2.19. The maximum Gasteiger partial charge on any atom is 0.143 e. The molecule has 0 aliphatic heterocycles. The molecule has 0 saturated carbocycles. The summed E-state index contributed by atoms with van der Waals surface area (Å²) in [5.41, 5.74) is 3.59. The van der Waals surface area contributed by atoms with Crippen LogP contribution in [0.25, 0.3) is 0 Å². The maximum absolute atomic E-state index is 5.42. The Hall–Kier alpha value is -1.16. The Morgan fingerprint density at radius 1 is 1.31 bits per heavy atom. The minimum Gasteiger partial charge on any atom is -0.308 e. The first-order chi connectivity index (χ1) is 7.32. The fraction of sp³-hybridized carbons (Fsp3) is 0.667. The van der Waals surface area contributed by atoms with E-state index in [-0.39, 0.29) is 5.41 Å². The largest absolute Gasteiger partial charge is 0.308 e. The fourth-order valence-corrected chi connectivity index (χ4v) is 1.43. The molecule has 1 aromatic heterocycles. The van der Waals surface area contributed by atoms with Crippen molar-refractivity contribution in [2.75, 3.05) is 5.43 Å². The van der Waals surface area contributed by atoms with Crippen LogP contribution in [-0.4, -0.2) is 9.97 Å². The normalized spacial score (nSPS) is 11.9. The number of hydrogen-bond donors (Lipinski definition) is 2. The van der Waals surface area contributed by atoms with E-state index >= 15 is 0 Å². The van der Waals surface area contributed by atoms with Crippen molar-refractivity contribution in [2.45, 2.75) is 46.5 Å². The molecule has 0 radical (unpaired) electrons. The molecule has 0 fully saturated rings. The zero-order valence-corrected chi connectivity index (χ0v) is 10.8. The molecule has 0 aliphatic carbocycles. The van der Waals surface area contributed by atoms with Gasteiger partial charge in [0.15, 0.2) is 0 Å². The number of nitrogens with zero attached hydrogens (tertiary/aromatic N) is 2. The third-order valence-electron chi connectivity index (χ3n) is 2.22. The van der Waals surface area contributed by atoms with Gasteiger partial charge in [0.05, 0.1) is 0 Å². The van der Waals surface area contributed by atoms with Crippen molar-refractivity contribution >= 4 is 5.82 Å². The van der Waals surface area contributed by atoms with Crippen molar-refractivity contribution in [3.05, 3.63) is 17.6 Å². The summed E-state index contributed by atoms with van der Waals surface area (Å²) in [5.74, 6) is 7.52. The molecule has 0 spiro atoms. The van der Waals surface area contributed by atoms with E-state index in [1.807, 2.05) is 6.07 Å². The van der Waals surface area contributed by atoms with Gasteiger partial charge in [0, 0.05) is 17.2 Å². The third kappa shape index (κ3) is 3.45. The van der Waals surface area contributed by atoms with Crippen molar-refractivity contribution in [2.24, 2.45) is 11.8 Å². The smallest absolute Gasteiger partial charge is 0.143 e. The van der Waals surface area contributed by atoms with E-state index in [0.29, 0.717) is 11.7 Å². The van der Waals surface area contributed by atoms with Gasteiger partial charge in [0.25, 0.3) is 0 Å². The molecule has 4 nitrogen and oxygen atoms in total. The first-order valence-electron chi connectivity index (χ1n) is 5.68. The summed E-state index contributed by atoms with van der Waals surface area (Å²) >= 11 is 0. The summed E-state index contributed by atoms with van der Waals surface area (Å²) in [6.07, 6.45) is 0.945. The molecule has 1 aromatic rings. The molecule has 0 amide bonds. The average Bonchev–Trinajstić information content (AvgIpc) is 2.14. The van der Waals surface area contributed by atoms with Crippen LogP contribution in [0.15, 0.2) is 6.07 Å². The highest BCUT2D eigenvalue weighted by atomic mass is 15.3. The molecule has 3 N–H and O–H groups in total. The predicted octanol–water partition coefficient (Wildman–Crippen LogP) is 2.26. The number of rotatable bonds is 3. The maximum atomic E-state index is 5.42. The molecule has 1 heterocycles. The molecule has 90 valence electrons. The fourth-order valence-electron chi connectivity index (χ4n) is 1.43. The molecule has 0 aliphatic rings. The van der Waals surface area contributed by atoms with Crippen LogP contribution >= 0.6 is 0 Å². The zero-order chi connectivity index (χ0) is 12.3. The van der Waals surface area contributed by atoms with Gasteiger partial charge >= 0.3 is 0 Å². The zero-order valence-electron chi connectivity index (χ0n) is 10.8. The standard InChI is InChI=1S/C12H22N4/c1-8(2)6-9-7-10(16-13)15-11(14-9)12(3,4)5/h7-8H,6,13H2,1-5H3,(H,14,15,16). The second kappa shape index (κ2) is 4.78. The minimum atomic E-state index is -0.0570. The van der Waals surface area contributed by atoms with Gasteiger partial charge in [-0.25, -0.2) is 15.8 Å². The van der Waals surface area contributed by atoms with Crippen molar-refractivity contribution in [3.8, 4) is 0 Å². The van der Waals surface area contributed by atoms with Gasteiger partial charge in [-0.2, -0.15) is 0 Å². The van der Waals surface area contributed by atoms with Crippen molar-refractivity contribution in [1.29, 1.82) is 0 Å². The van der Waals surface area contributed by atoms with Crippen LogP contribution in [0.2, 0.25) is 0 Å². The van der Waals surface area contributed by atoms with E-state index in [4.69, 9.17) is 5.84 Å². The molecule has 0 atom stereocenters. The lowest BCUT2D eigenvalue weighted by Gasteiger charge is -2.18. The Labute approximate surface area is 97.7 Å². The Balaban J connectivity index is 3.11. The predicted molar refractivity (Wildman–Crippen MR) is 67.1 cm³/mol. The van der Waals surface area contributed by atoms with Gasteiger partial charge in [0.1, 0.15) is 11.6 Å². The van der Waals surface area contributed by atoms with Crippen LogP contribution in [0.1, 0.15) is 46.1 Å². The van der Waals surface area contributed by atoms with Crippen LogP contribution in [0.5, 0.6) is 0 Å². The lowest BCUT2D eigenvalue weighted by Crippen LogP contribution is -2.20. The third-order valence-corrected chi connectivity index (χ3v) is 2.22. The summed E-state index contributed by atoms with van der Waals surface area (Å²) < 4.78 is 0. The summed E-state index contributed by atoms with van der Waals surface area (Å²) in [7, 11) is 0. The second-order valence-electron chi connectivity index (χ2n) is 5.56. The Kier molecular flexibility index (Phi) is 3.86. The van der Waals surface area contributed by atoms with Gasteiger partial charge < -0.3 is 5.43 Å². The second-order valence-corrected chi connectivity index (χ2v) is 5.56. The lowest BCUT2D eigenvalue weighted by atomic mass is 9.95. The van der Waals surface area contributed by atoms with E-state index in [1.165, 1.54) is 0 Å². The average molecular weight is 222 g/mol. The summed E-state index contributed by atoms with van der Waals surface area (Å²) in [6.45, 7) is 10.6. The van der Waals surface area contributed by atoms with Gasteiger partial charge in [-0.3, -0.25) is 0 Å². The van der Waals surface area contributed by atoms with Crippen LogP contribution in [0.4, 0.5) is 5.82 Å². The molecule has 0 unspecified atom stereocenters. The molecule has 16 heavy (non-hydrogen) atoms.